The molecule has 0 unspecified atom stereocenters. The summed E-state index contributed by atoms with van der Waals surface area (Å²) in [6, 6.07) is 15.6. The maximum absolute atomic E-state index is 15.1. The van der Waals surface area contributed by atoms with E-state index in [0.717, 1.165) is 83.0 Å². The Morgan fingerprint density at radius 1 is 0.925 bits per heavy atom. The molecular formula is C40H39Cl2N9O2. The summed E-state index contributed by atoms with van der Waals surface area (Å²) < 4.78 is 10.3. The first-order valence-electron chi connectivity index (χ1n) is 17.6. The zero-order valence-corrected chi connectivity index (χ0v) is 32.2. The van der Waals surface area contributed by atoms with Gasteiger partial charge in [0.1, 0.15) is 11.4 Å². The Balaban J connectivity index is 1.26. The van der Waals surface area contributed by atoms with Gasteiger partial charge in [-0.2, -0.15) is 9.90 Å². The topological polar surface area (TPSA) is 109 Å². The number of rotatable bonds is 8. The number of aryl methyl sites for hydroxylation is 6. The van der Waals surface area contributed by atoms with E-state index >= 15 is 4.79 Å². The number of amides is 1. The fourth-order valence-corrected chi connectivity index (χ4v) is 8.20. The molecule has 0 saturated carbocycles. The van der Waals surface area contributed by atoms with E-state index < -0.39 is 0 Å². The quantitative estimate of drug-likeness (QED) is 0.143. The van der Waals surface area contributed by atoms with Crippen molar-refractivity contribution >= 4 is 56.6 Å². The maximum atomic E-state index is 15.1. The highest BCUT2D eigenvalue weighted by Gasteiger charge is 2.37. The van der Waals surface area contributed by atoms with Crippen LogP contribution in [-0.4, -0.2) is 58.6 Å². The van der Waals surface area contributed by atoms with Crippen molar-refractivity contribution in [1.82, 2.24) is 39.5 Å². The van der Waals surface area contributed by atoms with E-state index in [2.05, 4.69) is 44.9 Å². The molecule has 0 bridgehead atoms. The van der Waals surface area contributed by atoms with Gasteiger partial charge >= 0.3 is 0 Å². The highest BCUT2D eigenvalue weighted by molar-refractivity contribution is 6.35. The summed E-state index contributed by atoms with van der Waals surface area (Å²) >= 11 is 13.5. The Bertz CT molecular complexity index is 2580. The number of fused-ring (bicyclic) bond motifs is 4. The Hall–Kier alpha value is -5.26. The van der Waals surface area contributed by atoms with Crippen LogP contribution in [-0.2, 0) is 20.5 Å². The first-order chi connectivity index (χ1) is 25.4. The van der Waals surface area contributed by atoms with E-state index in [9.17, 15) is 0 Å². The molecule has 0 spiro atoms. The third-order valence-electron chi connectivity index (χ3n) is 10.3. The van der Waals surface area contributed by atoms with Crippen LogP contribution in [0.5, 0.6) is 5.75 Å². The van der Waals surface area contributed by atoms with Crippen molar-refractivity contribution in [2.75, 3.05) is 18.1 Å². The summed E-state index contributed by atoms with van der Waals surface area (Å²) in [7, 11) is 3.67. The van der Waals surface area contributed by atoms with Crippen LogP contribution < -0.4 is 9.64 Å². The first-order valence-corrected chi connectivity index (χ1v) is 18.4. The second-order valence-electron chi connectivity index (χ2n) is 13.9. The molecule has 4 aromatic heterocycles. The van der Waals surface area contributed by atoms with E-state index in [0.29, 0.717) is 42.5 Å². The summed E-state index contributed by atoms with van der Waals surface area (Å²) in [6.45, 7) is 11.1. The summed E-state index contributed by atoms with van der Waals surface area (Å²) in [5, 5.41) is 20.6. The smallest absolute Gasteiger partial charge is 0.275 e. The summed E-state index contributed by atoms with van der Waals surface area (Å²) in [6.07, 6.45) is 3.05. The van der Waals surface area contributed by atoms with Crippen molar-refractivity contribution in [3.8, 4) is 28.3 Å². The molecule has 0 aliphatic carbocycles. The predicted molar refractivity (Wildman–Crippen MR) is 209 cm³/mol. The fourth-order valence-electron chi connectivity index (χ4n) is 7.84. The maximum Gasteiger partial charge on any atom is 0.275 e. The lowest BCUT2D eigenvalue weighted by atomic mass is 9.98. The molecule has 1 amide bonds. The molecule has 53 heavy (non-hydrogen) atoms. The summed E-state index contributed by atoms with van der Waals surface area (Å²) in [5.74, 6) is 1.19. The number of hydrogen-bond acceptors (Lipinski definition) is 7. The molecule has 5 heterocycles. The minimum absolute atomic E-state index is 0.0867. The van der Waals surface area contributed by atoms with Crippen molar-refractivity contribution in [3.63, 3.8) is 0 Å². The van der Waals surface area contributed by atoms with Gasteiger partial charge in [0.15, 0.2) is 0 Å². The van der Waals surface area contributed by atoms with E-state index in [1.165, 1.54) is 4.80 Å². The molecule has 1 atom stereocenters. The molecule has 0 saturated heterocycles. The van der Waals surface area contributed by atoms with E-state index in [1.807, 2.05) is 79.9 Å². The van der Waals surface area contributed by atoms with Crippen molar-refractivity contribution in [3.05, 3.63) is 98.5 Å². The third kappa shape index (κ3) is 5.82. The number of halogens is 2. The van der Waals surface area contributed by atoms with Crippen molar-refractivity contribution in [2.45, 2.75) is 53.5 Å². The third-order valence-corrected chi connectivity index (χ3v) is 11.3. The zero-order chi connectivity index (χ0) is 37.3. The normalized spacial score (nSPS) is 14.5. The molecule has 11 nitrogen and oxygen atoms in total. The number of carbonyl (C=O) groups is 1. The van der Waals surface area contributed by atoms with Gasteiger partial charge in [0, 0.05) is 64.0 Å². The molecule has 1 aliphatic rings. The van der Waals surface area contributed by atoms with Crippen LogP contribution in [0.15, 0.2) is 54.7 Å². The average Bonchev–Trinajstić information content (AvgIpc) is 3.79. The second-order valence-corrected chi connectivity index (χ2v) is 14.7. The van der Waals surface area contributed by atoms with Gasteiger partial charge in [0.25, 0.3) is 5.91 Å². The number of hydrogen-bond donors (Lipinski definition) is 0. The standard InChI is InChI=1S/C40H39Cl2N9O2/c1-21-17-27(18-22(2)36(21)42)53-16-8-9-28-29-11-12-31(41)35(34-24(4)45-48(6)25(34)5)37(29)51-23(3)20-50(40(52)38(28)51)33-14-15-43-32-13-10-26(19-30(32)33)39-44-47-49(7)46-39/h10-15,17-19,23H,8-9,16,20H2,1-7H3/t23-/m1/s1. The van der Waals surface area contributed by atoms with E-state index in [1.54, 1.807) is 13.2 Å². The van der Waals surface area contributed by atoms with Gasteiger partial charge in [0.2, 0.25) is 5.82 Å². The molecule has 0 radical (unpaired) electrons. The van der Waals surface area contributed by atoms with Crippen molar-refractivity contribution in [2.24, 2.45) is 14.1 Å². The molecule has 8 rings (SSSR count). The number of nitrogens with zero attached hydrogens (tertiary/aromatic N) is 9. The Kier molecular flexibility index (Phi) is 8.74. The second kappa shape index (κ2) is 13.3. The number of anilines is 1. The number of ether oxygens (including phenoxy) is 1. The minimum atomic E-state index is -0.0993. The lowest BCUT2D eigenvalue weighted by Crippen LogP contribution is -2.42. The van der Waals surface area contributed by atoms with Crippen LogP contribution in [0.3, 0.4) is 0 Å². The zero-order valence-electron chi connectivity index (χ0n) is 30.7. The number of carbonyl (C=O) groups excluding carboxylic acids is 1. The Labute approximate surface area is 317 Å². The van der Waals surface area contributed by atoms with Crippen LogP contribution in [0.1, 0.15) is 58.0 Å². The molecule has 0 fully saturated rings. The van der Waals surface area contributed by atoms with Crippen LogP contribution in [0.4, 0.5) is 5.69 Å². The van der Waals surface area contributed by atoms with E-state index in [4.69, 9.17) is 33.0 Å². The summed E-state index contributed by atoms with van der Waals surface area (Å²) in [4.78, 5) is 23.1. The fraction of sp³-hybridized carbons (Fsp3) is 0.300. The van der Waals surface area contributed by atoms with Crippen LogP contribution in [0.25, 0.3) is 44.3 Å². The molecule has 270 valence electrons. The highest BCUT2D eigenvalue weighted by atomic mass is 35.5. The lowest BCUT2D eigenvalue weighted by molar-refractivity contribution is 0.0957. The highest BCUT2D eigenvalue weighted by Crippen LogP contribution is 2.45. The van der Waals surface area contributed by atoms with Crippen LogP contribution in [0.2, 0.25) is 10.0 Å². The number of benzene rings is 3. The van der Waals surface area contributed by atoms with Gasteiger partial charge in [-0.1, -0.05) is 29.3 Å². The average molecular weight is 749 g/mol. The molecule has 7 aromatic rings. The van der Waals surface area contributed by atoms with Gasteiger partial charge in [-0.25, -0.2) is 0 Å². The van der Waals surface area contributed by atoms with E-state index in [-0.39, 0.29) is 11.9 Å². The van der Waals surface area contributed by atoms with Gasteiger partial charge in [-0.15, -0.1) is 10.2 Å². The largest absolute Gasteiger partial charge is 0.494 e. The predicted octanol–water partition coefficient (Wildman–Crippen LogP) is 8.55. The van der Waals surface area contributed by atoms with Crippen molar-refractivity contribution < 1.29 is 9.53 Å². The molecule has 1 aliphatic heterocycles. The monoisotopic (exact) mass is 747 g/mol. The minimum Gasteiger partial charge on any atom is -0.494 e. The Morgan fingerprint density at radius 2 is 1.70 bits per heavy atom. The molecule has 0 N–H and O–H groups in total. The Morgan fingerprint density at radius 3 is 2.40 bits per heavy atom. The van der Waals surface area contributed by atoms with Crippen LogP contribution in [0, 0.1) is 27.7 Å². The van der Waals surface area contributed by atoms with Crippen LogP contribution >= 0.6 is 23.2 Å². The molecule has 13 heteroatoms. The number of aromatic nitrogens is 8. The summed E-state index contributed by atoms with van der Waals surface area (Å²) in [5.41, 5.74) is 10.6. The lowest BCUT2D eigenvalue weighted by Gasteiger charge is -2.35. The van der Waals surface area contributed by atoms with Gasteiger partial charge in [0.05, 0.1) is 41.1 Å². The number of tetrazole rings is 1. The SMILES string of the molecule is Cc1cc(OCCCc2c3n(c4c(-c5c(C)nn(C)c5C)c(Cl)ccc24)[C@H](C)CN(c2ccnc4ccc(-c5nnn(C)n5)cc24)C3=O)cc(C)c1Cl. The van der Waals surface area contributed by atoms with Gasteiger partial charge in [-0.05, 0) is 112 Å². The van der Waals surface area contributed by atoms with Gasteiger partial charge < -0.3 is 14.2 Å². The van der Waals surface area contributed by atoms with Crippen molar-refractivity contribution in [1.29, 1.82) is 0 Å². The molecule has 3 aromatic carbocycles. The van der Waals surface area contributed by atoms with Gasteiger partial charge in [-0.3, -0.25) is 14.5 Å². The number of pyridine rings is 1. The molecular weight excluding hydrogens is 709 g/mol. The first kappa shape index (κ1) is 34.8.